The molecule has 1 aromatic carbocycles. The lowest BCUT2D eigenvalue weighted by Crippen LogP contribution is -1.85. The van der Waals surface area contributed by atoms with Crippen molar-refractivity contribution in [2.45, 2.75) is 6.42 Å². The van der Waals surface area contributed by atoms with Gasteiger partial charge in [0.15, 0.2) is 5.22 Å². The summed E-state index contributed by atoms with van der Waals surface area (Å²) in [5, 5.41) is 0.377. The molecule has 0 bridgehead atoms. The highest BCUT2D eigenvalue weighted by atomic mass is 35.5. The zero-order valence-corrected chi connectivity index (χ0v) is 8.09. The molecule has 14 heavy (non-hydrogen) atoms. The smallest absolute Gasteiger partial charge is 0.193 e. The molecule has 1 nitrogen and oxygen atoms in total. The zero-order valence-electron chi connectivity index (χ0n) is 7.34. The number of furan rings is 1. The highest BCUT2D eigenvalue weighted by Crippen LogP contribution is 2.16. The maximum Gasteiger partial charge on any atom is 0.193 e. The van der Waals surface area contributed by atoms with Gasteiger partial charge < -0.3 is 4.42 Å². The van der Waals surface area contributed by atoms with E-state index in [4.69, 9.17) is 16.0 Å². The minimum absolute atomic E-state index is 0.230. The summed E-state index contributed by atoms with van der Waals surface area (Å²) < 4.78 is 17.8. The van der Waals surface area contributed by atoms with Crippen LogP contribution in [-0.2, 0) is 6.42 Å². The average molecular weight is 211 g/mol. The van der Waals surface area contributed by atoms with E-state index in [0.29, 0.717) is 11.6 Å². The lowest BCUT2D eigenvalue weighted by molar-refractivity contribution is 0.522. The van der Waals surface area contributed by atoms with Crippen molar-refractivity contribution in [1.82, 2.24) is 0 Å². The topological polar surface area (TPSA) is 13.1 Å². The minimum Gasteiger partial charge on any atom is -0.449 e. The SMILES string of the molecule is Fc1ccc(Cc2ccc(Cl)o2)cc1. The first-order valence-corrected chi connectivity index (χ1v) is 4.60. The maximum atomic E-state index is 12.6. The molecule has 0 saturated heterocycles. The summed E-state index contributed by atoms with van der Waals surface area (Å²) in [5.41, 5.74) is 0.998. The summed E-state index contributed by atoms with van der Waals surface area (Å²) in [4.78, 5) is 0. The molecule has 3 heteroatoms. The van der Waals surface area contributed by atoms with Crippen LogP contribution in [0.4, 0.5) is 4.39 Å². The van der Waals surface area contributed by atoms with Crippen molar-refractivity contribution in [3.05, 3.63) is 58.8 Å². The number of halogens is 2. The van der Waals surface area contributed by atoms with Crippen LogP contribution in [0.25, 0.3) is 0 Å². The quantitative estimate of drug-likeness (QED) is 0.737. The lowest BCUT2D eigenvalue weighted by atomic mass is 10.1. The molecule has 0 aliphatic rings. The first-order chi connectivity index (χ1) is 6.74. The van der Waals surface area contributed by atoms with Crippen LogP contribution in [-0.4, -0.2) is 0 Å². The van der Waals surface area contributed by atoms with Gasteiger partial charge in [0.25, 0.3) is 0 Å². The van der Waals surface area contributed by atoms with E-state index in [9.17, 15) is 4.39 Å². The molecular formula is C11H8ClFO. The van der Waals surface area contributed by atoms with Crippen molar-refractivity contribution < 1.29 is 8.81 Å². The largest absolute Gasteiger partial charge is 0.449 e. The molecule has 0 amide bonds. The van der Waals surface area contributed by atoms with Crippen LogP contribution in [0.2, 0.25) is 5.22 Å². The van der Waals surface area contributed by atoms with Gasteiger partial charge in [-0.15, -0.1) is 0 Å². The fourth-order valence-corrected chi connectivity index (χ4v) is 1.41. The van der Waals surface area contributed by atoms with E-state index in [1.54, 1.807) is 18.2 Å². The molecule has 2 rings (SSSR count). The van der Waals surface area contributed by atoms with Crippen molar-refractivity contribution in [3.8, 4) is 0 Å². The highest BCUT2D eigenvalue weighted by Gasteiger charge is 2.01. The van der Waals surface area contributed by atoms with Gasteiger partial charge in [-0.3, -0.25) is 0 Å². The van der Waals surface area contributed by atoms with Gasteiger partial charge in [0, 0.05) is 6.42 Å². The monoisotopic (exact) mass is 210 g/mol. The summed E-state index contributed by atoms with van der Waals surface area (Å²) in [5.74, 6) is 0.549. The van der Waals surface area contributed by atoms with Crippen molar-refractivity contribution >= 4 is 11.6 Å². The van der Waals surface area contributed by atoms with Crippen LogP contribution in [0.15, 0.2) is 40.8 Å². The Hall–Kier alpha value is -1.28. The fourth-order valence-electron chi connectivity index (χ4n) is 1.25. The third kappa shape index (κ3) is 2.15. The lowest BCUT2D eigenvalue weighted by Gasteiger charge is -1.97. The van der Waals surface area contributed by atoms with Crippen molar-refractivity contribution in [3.63, 3.8) is 0 Å². The van der Waals surface area contributed by atoms with E-state index < -0.39 is 0 Å². The van der Waals surface area contributed by atoms with Crippen LogP contribution in [0, 0.1) is 5.82 Å². The first kappa shape index (κ1) is 9.28. The molecule has 0 spiro atoms. The van der Waals surface area contributed by atoms with Gasteiger partial charge in [-0.05, 0) is 41.4 Å². The molecule has 0 aliphatic heterocycles. The number of hydrogen-bond acceptors (Lipinski definition) is 1. The second-order valence-electron chi connectivity index (χ2n) is 3.01. The number of hydrogen-bond donors (Lipinski definition) is 0. The Bertz CT molecular complexity index is 419. The molecule has 0 aliphatic carbocycles. The van der Waals surface area contributed by atoms with Gasteiger partial charge in [0.1, 0.15) is 11.6 Å². The van der Waals surface area contributed by atoms with Crippen molar-refractivity contribution in [1.29, 1.82) is 0 Å². The van der Waals surface area contributed by atoms with E-state index in [0.717, 1.165) is 11.3 Å². The average Bonchev–Trinajstić information content (AvgIpc) is 2.56. The molecule has 0 saturated carbocycles. The highest BCUT2D eigenvalue weighted by molar-refractivity contribution is 6.28. The Kier molecular flexibility index (Phi) is 2.55. The fraction of sp³-hybridized carbons (Fsp3) is 0.0909. The first-order valence-electron chi connectivity index (χ1n) is 4.23. The Morgan fingerprint density at radius 2 is 1.79 bits per heavy atom. The summed E-state index contributed by atoms with van der Waals surface area (Å²) in [6.45, 7) is 0. The molecule has 0 fully saturated rings. The van der Waals surface area contributed by atoms with Crippen LogP contribution in [0.5, 0.6) is 0 Å². The zero-order chi connectivity index (χ0) is 9.97. The third-order valence-electron chi connectivity index (χ3n) is 1.92. The van der Waals surface area contributed by atoms with E-state index in [1.807, 2.05) is 6.07 Å². The summed E-state index contributed by atoms with van der Waals surface area (Å²) in [7, 11) is 0. The number of benzene rings is 1. The third-order valence-corrected chi connectivity index (χ3v) is 2.12. The Morgan fingerprint density at radius 3 is 2.36 bits per heavy atom. The molecular weight excluding hydrogens is 203 g/mol. The standard InChI is InChI=1S/C11H8ClFO/c12-11-6-5-10(14-11)7-8-1-3-9(13)4-2-8/h1-6H,7H2. The molecule has 0 radical (unpaired) electrons. The molecule has 1 aromatic heterocycles. The van der Waals surface area contributed by atoms with Crippen LogP contribution < -0.4 is 0 Å². The molecule has 0 atom stereocenters. The van der Waals surface area contributed by atoms with Crippen LogP contribution >= 0.6 is 11.6 Å². The van der Waals surface area contributed by atoms with Crippen molar-refractivity contribution in [2.75, 3.05) is 0 Å². The normalized spacial score (nSPS) is 10.4. The summed E-state index contributed by atoms with van der Waals surface area (Å²) in [6.07, 6.45) is 0.632. The van der Waals surface area contributed by atoms with Gasteiger partial charge in [-0.25, -0.2) is 4.39 Å². The molecule has 72 valence electrons. The molecule has 2 aromatic rings. The summed E-state index contributed by atoms with van der Waals surface area (Å²) in [6, 6.07) is 9.82. The van der Waals surface area contributed by atoms with Gasteiger partial charge in [-0.2, -0.15) is 0 Å². The Balaban J connectivity index is 2.15. The number of rotatable bonds is 2. The maximum absolute atomic E-state index is 12.6. The molecule has 0 unspecified atom stereocenters. The second-order valence-corrected chi connectivity index (χ2v) is 3.38. The molecule has 1 heterocycles. The Labute approximate surface area is 86.1 Å². The predicted molar refractivity (Wildman–Crippen MR) is 52.9 cm³/mol. The van der Waals surface area contributed by atoms with Crippen LogP contribution in [0.1, 0.15) is 11.3 Å². The second kappa shape index (κ2) is 3.84. The Morgan fingerprint density at radius 1 is 1.07 bits per heavy atom. The van der Waals surface area contributed by atoms with Gasteiger partial charge >= 0.3 is 0 Å². The summed E-state index contributed by atoms with van der Waals surface area (Å²) >= 11 is 5.63. The van der Waals surface area contributed by atoms with Gasteiger partial charge in [0.05, 0.1) is 0 Å². The van der Waals surface area contributed by atoms with Crippen molar-refractivity contribution in [2.24, 2.45) is 0 Å². The molecule has 0 N–H and O–H groups in total. The predicted octanol–water partition coefficient (Wildman–Crippen LogP) is 3.66. The van der Waals surface area contributed by atoms with E-state index in [1.165, 1.54) is 12.1 Å². The van der Waals surface area contributed by atoms with Gasteiger partial charge in [0.2, 0.25) is 0 Å². The van der Waals surface area contributed by atoms with E-state index >= 15 is 0 Å². The van der Waals surface area contributed by atoms with E-state index in [2.05, 4.69) is 0 Å². The minimum atomic E-state index is -0.230. The van der Waals surface area contributed by atoms with Gasteiger partial charge in [-0.1, -0.05) is 12.1 Å². The van der Waals surface area contributed by atoms with Crippen LogP contribution in [0.3, 0.4) is 0 Å². The van der Waals surface area contributed by atoms with E-state index in [-0.39, 0.29) is 5.82 Å².